The van der Waals surface area contributed by atoms with Crippen LogP contribution in [0, 0.1) is 11.3 Å². The zero-order chi connectivity index (χ0) is 18.0. The molecule has 2 heterocycles. The molecule has 2 atom stereocenters. The van der Waals surface area contributed by atoms with Gasteiger partial charge in [-0.1, -0.05) is 19.9 Å². The Balaban J connectivity index is 2.12. The third kappa shape index (κ3) is 4.40. The molecule has 0 spiro atoms. The molecule has 3 nitrogen and oxygen atoms in total. The predicted molar refractivity (Wildman–Crippen MR) is 101 cm³/mol. The summed E-state index contributed by atoms with van der Waals surface area (Å²) in [5, 5.41) is 2.08. The quantitative estimate of drug-likeness (QED) is 0.698. The molecule has 0 saturated carbocycles. The van der Waals surface area contributed by atoms with E-state index in [4.69, 9.17) is 4.74 Å². The van der Waals surface area contributed by atoms with Crippen molar-refractivity contribution in [3.63, 3.8) is 0 Å². The maximum absolute atomic E-state index is 12.3. The molecule has 1 amide bonds. The number of ether oxygens (including phenoxy) is 1. The molecule has 1 aliphatic rings. The van der Waals surface area contributed by atoms with E-state index in [1.54, 1.807) is 18.3 Å². The maximum atomic E-state index is 12.3. The van der Waals surface area contributed by atoms with Crippen LogP contribution in [-0.4, -0.2) is 29.6 Å². The Hall–Kier alpha value is -0.870. The van der Waals surface area contributed by atoms with Gasteiger partial charge in [-0.25, -0.2) is 0 Å². The Morgan fingerprint density at radius 2 is 2.08 bits per heavy atom. The summed E-state index contributed by atoms with van der Waals surface area (Å²) in [5.41, 5.74) is 0.188. The van der Waals surface area contributed by atoms with Crippen LogP contribution >= 0.6 is 11.3 Å². The van der Waals surface area contributed by atoms with Gasteiger partial charge in [0.1, 0.15) is 0 Å². The molecule has 24 heavy (non-hydrogen) atoms. The third-order valence-electron chi connectivity index (χ3n) is 5.77. The van der Waals surface area contributed by atoms with Gasteiger partial charge in [0, 0.05) is 25.0 Å². The van der Waals surface area contributed by atoms with Gasteiger partial charge in [-0.2, -0.15) is 0 Å². The number of hydrogen-bond acceptors (Lipinski definition) is 3. The van der Waals surface area contributed by atoms with E-state index < -0.39 is 0 Å². The summed E-state index contributed by atoms with van der Waals surface area (Å²) in [5.74, 6) is 0.757. The highest BCUT2D eigenvalue weighted by molar-refractivity contribution is 7.10. The molecule has 0 radical (unpaired) electrons. The number of carbonyl (C=O) groups excluding carboxylic acids is 1. The molecular formula is C20H33NO2S. The molecule has 1 aliphatic heterocycles. The van der Waals surface area contributed by atoms with Crippen molar-refractivity contribution in [3.05, 3.63) is 22.4 Å². The highest BCUT2D eigenvalue weighted by Crippen LogP contribution is 2.47. The summed E-state index contributed by atoms with van der Waals surface area (Å²) in [4.78, 5) is 15.6. The highest BCUT2D eigenvalue weighted by atomic mass is 32.1. The van der Waals surface area contributed by atoms with Crippen LogP contribution in [0.4, 0.5) is 0 Å². The maximum Gasteiger partial charge on any atom is 0.219 e. The number of nitrogens with zero attached hydrogens (tertiary/aromatic N) is 1. The first kappa shape index (κ1) is 19.5. The van der Waals surface area contributed by atoms with Gasteiger partial charge in [0.15, 0.2) is 0 Å². The van der Waals surface area contributed by atoms with Gasteiger partial charge in [-0.05, 0) is 62.8 Å². The average molecular weight is 352 g/mol. The van der Waals surface area contributed by atoms with Crippen LogP contribution in [-0.2, 0) is 9.53 Å². The zero-order valence-corrected chi connectivity index (χ0v) is 16.9. The minimum atomic E-state index is -0.0665. The molecule has 1 aromatic heterocycles. The summed E-state index contributed by atoms with van der Waals surface area (Å²) < 4.78 is 5.95. The lowest BCUT2D eigenvalue weighted by Crippen LogP contribution is -2.46. The molecule has 1 fully saturated rings. The minimum Gasteiger partial charge on any atom is -0.376 e. The summed E-state index contributed by atoms with van der Waals surface area (Å²) in [6.45, 7) is 14.5. The van der Waals surface area contributed by atoms with E-state index in [1.807, 2.05) is 4.90 Å². The molecule has 4 heteroatoms. The van der Waals surface area contributed by atoms with Gasteiger partial charge in [0.25, 0.3) is 0 Å². The molecule has 0 aromatic carbocycles. The van der Waals surface area contributed by atoms with Gasteiger partial charge in [-0.3, -0.25) is 4.79 Å². The lowest BCUT2D eigenvalue weighted by atomic mass is 9.65. The van der Waals surface area contributed by atoms with Crippen molar-refractivity contribution in [1.82, 2.24) is 4.90 Å². The second-order valence-corrected chi connectivity index (χ2v) is 9.19. The Labute approximate surface area is 151 Å². The third-order valence-corrected chi connectivity index (χ3v) is 6.82. The van der Waals surface area contributed by atoms with Crippen molar-refractivity contribution in [1.29, 1.82) is 0 Å². The summed E-state index contributed by atoms with van der Waals surface area (Å²) >= 11 is 1.73. The van der Waals surface area contributed by atoms with Crippen LogP contribution in [0.3, 0.4) is 0 Å². The highest BCUT2D eigenvalue weighted by Gasteiger charge is 2.43. The van der Waals surface area contributed by atoms with E-state index in [2.05, 4.69) is 52.1 Å². The molecule has 0 N–H and O–H groups in total. The fourth-order valence-corrected chi connectivity index (χ4v) is 4.96. The SMILES string of the molecule is CC(=O)N(CC[C@@]1(C(C)C)CCOC(C)(C)C1)[C@H](C)c1cccs1. The molecule has 0 bridgehead atoms. The van der Waals surface area contributed by atoms with Crippen LogP contribution in [0.2, 0.25) is 0 Å². The second-order valence-electron chi connectivity index (χ2n) is 8.21. The van der Waals surface area contributed by atoms with E-state index in [0.29, 0.717) is 5.92 Å². The Bertz CT molecular complexity index is 538. The van der Waals surface area contributed by atoms with Crippen molar-refractivity contribution >= 4 is 17.2 Å². The molecule has 0 aliphatic carbocycles. The fraction of sp³-hybridized carbons (Fsp3) is 0.750. The number of carbonyl (C=O) groups is 1. The second kappa shape index (κ2) is 7.57. The standard InChI is InChI=1S/C20H33NO2S/c1-15(2)20(10-12-23-19(5,6)14-20)9-11-21(17(4)22)16(3)18-8-7-13-24-18/h7-8,13,15-16H,9-12,14H2,1-6H3/t16-,20-/m1/s1. The smallest absolute Gasteiger partial charge is 0.219 e. The van der Waals surface area contributed by atoms with Gasteiger partial charge in [-0.15, -0.1) is 11.3 Å². The van der Waals surface area contributed by atoms with Crippen LogP contribution in [0.5, 0.6) is 0 Å². The first-order valence-electron chi connectivity index (χ1n) is 9.11. The van der Waals surface area contributed by atoms with Crippen molar-refractivity contribution in [2.75, 3.05) is 13.2 Å². The predicted octanol–water partition coefficient (Wildman–Crippen LogP) is 5.28. The van der Waals surface area contributed by atoms with E-state index in [9.17, 15) is 4.79 Å². The van der Waals surface area contributed by atoms with Crippen LogP contribution < -0.4 is 0 Å². The first-order chi connectivity index (χ1) is 11.2. The molecule has 0 unspecified atom stereocenters. The van der Waals surface area contributed by atoms with Gasteiger partial charge in [0.2, 0.25) is 5.91 Å². The molecule has 2 rings (SSSR count). The normalized spacial score (nSPS) is 24.8. The first-order valence-corrected chi connectivity index (χ1v) is 9.99. The van der Waals surface area contributed by atoms with E-state index >= 15 is 0 Å². The van der Waals surface area contributed by atoms with E-state index in [0.717, 1.165) is 32.4 Å². The van der Waals surface area contributed by atoms with E-state index in [1.165, 1.54) is 4.88 Å². The van der Waals surface area contributed by atoms with Crippen molar-refractivity contribution < 1.29 is 9.53 Å². The fourth-order valence-electron chi connectivity index (χ4n) is 4.16. The molecule has 1 aromatic rings. The number of rotatable bonds is 6. The van der Waals surface area contributed by atoms with Crippen LogP contribution in [0.1, 0.15) is 71.7 Å². The van der Waals surface area contributed by atoms with Crippen LogP contribution in [0.15, 0.2) is 17.5 Å². The molecule has 136 valence electrons. The van der Waals surface area contributed by atoms with Crippen molar-refractivity contribution in [2.45, 2.75) is 72.4 Å². The van der Waals surface area contributed by atoms with Gasteiger partial charge in [0.05, 0.1) is 11.6 Å². The summed E-state index contributed by atoms with van der Waals surface area (Å²) in [6, 6.07) is 4.34. The van der Waals surface area contributed by atoms with Crippen molar-refractivity contribution in [2.24, 2.45) is 11.3 Å². The lowest BCUT2D eigenvalue weighted by Gasteiger charge is -2.48. The molecular weight excluding hydrogens is 318 g/mol. The number of amides is 1. The molecule has 1 saturated heterocycles. The topological polar surface area (TPSA) is 29.5 Å². The monoisotopic (exact) mass is 351 g/mol. The van der Waals surface area contributed by atoms with Crippen LogP contribution in [0.25, 0.3) is 0 Å². The number of hydrogen-bond donors (Lipinski definition) is 0. The Kier molecular flexibility index (Phi) is 6.14. The lowest BCUT2D eigenvalue weighted by molar-refractivity contribution is -0.135. The van der Waals surface area contributed by atoms with Crippen molar-refractivity contribution in [3.8, 4) is 0 Å². The van der Waals surface area contributed by atoms with E-state index in [-0.39, 0.29) is 23.0 Å². The summed E-state index contributed by atoms with van der Waals surface area (Å²) in [6.07, 6.45) is 3.21. The number of thiophene rings is 1. The largest absolute Gasteiger partial charge is 0.376 e. The minimum absolute atomic E-state index is 0.0665. The average Bonchev–Trinajstić information content (AvgIpc) is 2.99. The Morgan fingerprint density at radius 1 is 1.38 bits per heavy atom. The zero-order valence-electron chi connectivity index (χ0n) is 16.1. The van der Waals surface area contributed by atoms with Gasteiger partial charge >= 0.3 is 0 Å². The Morgan fingerprint density at radius 3 is 2.58 bits per heavy atom. The van der Waals surface area contributed by atoms with Gasteiger partial charge < -0.3 is 9.64 Å². The summed E-state index contributed by atoms with van der Waals surface area (Å²) in [7, 11) is 0.